The van der Waals surface area contributed by atoms with E-state index in [1.807, 2.05) is 19.1 Å². The summed E-state index contributed by atoms with van der Waals surface area (Å²) >= 11 is 1.64. The molecule has 0 bridgehead atoms. The zero-order valence-electron chi connectivity index (χ0n) is 18.9. The number of nitriles is 1. The highest BCUT2D eigenvalue weighted by Gasteiger charge is 2.43. The van der Waals surface area contributed by atoms with Crippen LogP contribution in [0.15, 0.2) is 55.2 Å². The molecule has 7 nitrogen and oxygen atoms in total. The maximum atomic E-state index is 14.9. The molecule has 0 fully saturated rings. The quantitative estimate of drug-likeness (QED) is 0.439. The maximum absolute atomic E-state index is 14.9. The van der Waals surface area contributed by atoms with Crippen molar-refractivity contribution in [1.82, 2.24) is 24.6 Å². The minimum atomic E-state index is -1.68. The lowest BCUT2D eigenvalue weighted by Crippen LogP contribution is -2.53. The Morgan fingerprint density at radius 2 is 2.11 bits per heavy atom. The number of pyridine rings is 1. The number of thiophene rings is 1. The largest absolute Gasteiger partial charge is 0.381 e. The molecule has 4 heterocycles. The van der Waals surface area contributed by atoms with E-state index in [9.17, 15) is 13.9 Å². The van der Waals surface area contributed by atoms with Crippen LogP contribution in [-0.2, 0) is 25.1 Å². The number of hydrogen-bond donors (Lipinski definition) is 1. The molecule has 5 rings (SSSR count). The van der Waals surface area contributed by atoms with Crippen LogP contribution >= 0.6 is 11.3 Å². The summed E-state index contributed by atoms with van der Waals surface area (Å²) in [6.07, 6.45) is 5.28. The minimum Gasteiger partial charge on any atom is -0.381 e. The van der Waals surface area contributed by atoms with Gasteiger partial charge in [0.05, 0.1) is 6.54 Å². The fraction of sp³-hybridized carbons (Fsp3) is 0.280. The van der Waals surface area contributed by atoms with E-state index in [0.717, 1.165) is 33.9 Å². The molecule has 0 radical (unpaired) electrons. The van der Waals surface area contributed by atoms with Crippen molar-refractivity contribution >= 4 is 11.3 Å². The summed E-state index contributed by atoms with van der Waals surface area (Å²) in [5, 5.41) is 25.0. The second-order valence-corrected chi connectivity index (χ2v) is 9.78. The Bertz CT molecular complexity index is 1380. The van der Waals surface area contributed by atoms with Crippen molar-refractivity contribution in [2.45, 2.75) is 38.1 Å². The van der Waals surface area contributed by atoms with Crippen molar-refractivity contribution in [3.63, 3.8) is 0 Å². The lowest BCUT2D eigenvalue weighted by Gasteiger charge is -2.42. The van der Waals surface area contributed by atoms with Gasteiger partial charge in [-0.1, -0.05) is 6.07 Å². The Morgan fingerprint density at radius 1 is 1.26 bits per heavy atom. The zero-order chi connectivity index (χ0) is 24.6. The highest BCUT2D eigenvalue weighted by molar-refractivity contribution is 7.15. The number of nitrogens with zero attached hydrogens (tertiary/aromatic N) is 6. The predicted octanol–water partition coefficient (Wildman–Crippen LogP) is 3.89. The van der Waals surface area contributed by atoms with E-state index >= 15 is 0 Å². The molecule has 1 N–H and O–H groups in total. The molecule has 0 aliphatic carbocycles. The second kappa shape index (κ2) is 9.26. The summed E-state index contributed by atoms with van der Waals surface area (Å²) in [6.45, 7) is 3.06. The first-order valence-electron chi connectivity index (χ1n) is 11.1. The van der Waals surface area contributed by atoms with Crippen LogP contribution in [0.5, 0.6) is 0 Å². The molecule has 3 aromatic heterocycles. The Kier molecular flexibility index (Phi) is 6.15. The van der Waals surface area contributed by atoms with Crippen LogP contribution in [0.3, 0.4) is 0 Å². The van der Waals surface area contributed by atoms with Crippen LogP contribution in [-0.4, -0.2) is 42.3 Å². The normalized spacial score (nSPS) is 16.3. The lowest BCUT2D eigenvalue weighted by molar-refractivity contribution is -0.0674. The molecule has 1 aromatic carbocycles. The molecule has 0 saturated heterocycles. The molecule has 0 saturated carbocycles. The summed E-state index contributed by atoms with van der Waals surface area (Å²) in [5.41, 5.74) is 0.878. The Balaban J connectivity index is 1.44. The molecule has 0 unspecified atom stereocenters. The van der Waals surface area contributed by atoms with Gasteiger partial charge >= 0.3 is 0 Å². The summed E-state index contributed by atoms with van der Waals surface area (Å²) in [5.74, 6) is -1.50. The molecule has 35 heavy (non-hydrogen) atoms. The van der Waals surface area contributed by atoms with Gasteiger partial charge in [0.25, 0.3) is 0 Å². The van der Waals surface area contributed by atoms with Gasteiger partial charge in [-0.2, -0.15) is 10.4 Å². The summed E-state index contributed by atoms with van der Waals surface area (Å²) in [4.78, 5) is 12.4. The fourth-order valence-electron chi connectivity index (χ4n) is 4.56. The predicted molar refractivity (Wildman–Crippen MR) is 126 cm³/mol. The number of aromatic nitrogens is 4. The van der Waals surface area contributed by atoms with Crippen molar-refractivity contribution in [2.75, 3.05) is 6.54 Å². The van der Waals surface area contributed by atoms with Crippen LogP contribution in [0.4, 0.5) is 8.78 Å². The SMILES string of the molecule is C[C@@H](N1CCc2cc(-c3ccc(C#N)nc3)sc2C1)[C@](O)(Cn1cncn1)c1ccc(F)cc1F. The highest BCUT2D eigenvalue weighted by Crippen LogP contribution is 2.38. The van der Waals surface area contributed by atoms with Crippen molar-refractivity contribution < 1.29 is 13.9 Å². The third-order valence-corrected chi connectivity index (χ3v) is 7.79. The minimum absolute atomic E-state index is 0.0169. The van der Waals surface area contributed by atoms with E-state index in [1.54, 1.807) is 23.6 Å². The second-order valence-electron chi connectivity index (χ2n) is 8.64. The molecule has 0 amide bonds. The van der Waals surface area contributed by atoms with E-state index in [0.29, 0.717) is 18.8 Å². The number of aliphatic hydroxyl groups is 1. The molecule has 178 valence electrons. The zero-order valence-corrected chi connectivity index (χ0v) is 19.7. The van der Waals surface area contributed by atoms with E-state index in [2.05, 4.69) is 26.0 Å². The molecular weight excluding hydrogens is 470 g/mol. The lowest BCUT2D eigenvalue weighted by atomic mass is 9.84. The number of benzene rings is 1. The number of rotatable bonds is 6. The van der Waals surface area contributed by atoms with Crippen molar-refractivity contribution in [2.24, 2.45) is 0 Å². The van der Waals surface area contributed by atoms with Crippen molar-refractivity contribution in [3.8, 4) is 16.5 Å². The van der Waals surface area contributed by atoms with Crippen LogP contribution in [0.2, 0.25) is 0 Å². The van der Waals surface area contributed by atoms with Gasteiger partial charge < -0.3 is 5.11 Å². The first-order valence-corrected chi connectivity index (χ1v) is 11.9. The molecule has 10 heteroatoms. The van der Waals surface area contributed by atoms with Crippen LogP contribution in [0, 0.1) is 23.0 Å². The summed E-state index contributed by atoms with van der Waals surface area (Å²) in [7, 11) is 0. The summed E-state index contributed by atoms with van der Waals surface area (Å²) < 4.78 is 30.0. The van der Waals surface area contributed by atoms with Gasteiger partial charge in [0.15, 0.2) is 0 Å². The first kappa shape index (κ1) is 23.2. The number of halogens is 2. The van der Waals surface area contributed by atoms with Gasteiger partial charge in [0.1, 0.15) is 41.7 Å². The van der Waals surface area contributed by atoms with Gasteiger partial charge in [-0.3, -0.25) is 4.90 Å². The molecule has 1 aliphatic rings. The first-order chi connectivity index (χ1) is 16.9. The van der Waals surface area contributed by atoms with Gasteiger partial charge in [0, 0.05) is 52.3 Å². The average Bonchev–Trinajstić information content (AvgIpc) is 3.52. The maximum Gasteiger partial charge on any atom is 0.140 e. The number of fused-ring (bicyclic) bond motifs is 1. The molecule has 2 atom stereocenters. The fourth-order valence-corrected chi connectivity index (χ4v) is 5.79. The van der Waals surface area contributed by atoms with E-state index in [-0.39, 0.29) is 12.1 Å². The van der Waals surface area contributed by atoms with Crippen molar-refractivity contribution in [1.29, 1.82) is 5.26 Å². The molecule has 4 aromatic rings. The van der Waals surface area contributed by atoms with Gasteiger partial charge in [-0.25, -0.2) is 23.4 Å². The Labute approximate surface area is 204 Å². The van der Waals surface area contributed by atoms with E-state index in [4.69, 9.17) is 5.26 Å². The number of hydrogen-bond acceptors (Lipinski definition) is 7. The Hall–Kier alpha value is -3.52. The van der Waals surface area contributed by atoms with Gasteiger partial charge in [0.2, 0.25) is 0 Å². The molecule has 1 aliphatic heterocycles. The highest BCUT2D eigenvalue weighted by atomic mass is 32.1. The van der Waals surface area contributed by atoms with Gasteiger partial charge in [-0.15, -0.1) is 11.3 Å². The van der Waals surface area contributed by atoms with Crippen LogP contribution in [0.1, 0.15) is 28.6 Å². The third kappa shape index (κ3) is 4.46. The topological polar surface area (TPSA) is 90.9 Å². The Morgan fingerprint density at radius 3 is 2.80 bits per heavy atom. The van der Waals surface area contributed by atoms with Crippen LogP contribution in [0.25, 0.3) is 10.4 Å². The van der Waals surface area contributed by atoms with Crippen LogP contribution < -0.4 is 0 Å². The van der Waals surface area contributed by atoms with Crippen molar-refractivity contribution in [3.05, 3.63) is 88.6 Å². The standard InChI is InChI=1S/C25H22F2N6OS/c1-16(25(34,13-33-15-29-14-31-33)21-5-3-19(26)9-22(21)27)32-7-6-17-8-23(35-24(17)12-32)18-2-4-20(10-28)30-11-18/h2-5,8-9,11,14-16,34H,6-7,12-13H2,1H3/t16-,25-/m1/s1. The average molecular weight is 493 g/mol. The van der Waals surface area contributed by atoms with E-state index in [1.165, 1.54) is 29.0 Å². The van der Waals surface area contributed by atoms with E-state index < -0.39 is 23.3 Å². The monoisotopic (exact) mass is 492 g/mol. The third-order valence-electron chi connectivity index (χ3n) is 6.58. The molecular formula is C25H22F2N6OS. The van der Waals surface area contributed by atoms with Gasteiger partial charge in [-0.05, 0) is 43.2 Å². The summed E-state index contributed by atoms with van der Waals surface area (Å²) in [6, 6.07) is 10.5. The molecule has 0 spiro atoms. The smallest absolute Gasteiger partial charge is 0.140 e.